The van der Waals surface area contributed by atoms with Crippen LogP contribution in [-0.4, -0.2) is 17.8 Å². The van der Waals surface area contributed by atoms with Gasteiger partial charge in [-0.25, -0.2) is 0 Å². The number of aliphatic hydroxyl groups excluding tert-OH is 1. The first kappa shape index (κ1) is 10.6. The van der Waals surface area contributed by atoms with E-state index in [0.29, 0.717) is 15.8 Å². The summed E-state index contributed by atoms with van der Waals surface area (Å²) in [7, 11) is 0. The molecular formula is C9H10Cl2O2. The van der Waals surface area contributed by atoms with Gasteiger partial charge in [0, 0.05) is 0 Å². The van der Waals surface area contributed by atoms with Crippen LogP contribution in [0.5, 0.6) is 5.75 Å². The first-order valence-electron chi connectivity index (χ1n) is 3.86. The number of halogens is 2. The van der Waals surface area contributed by atoms with E-state index < -0.39 is 0 Å². The number of benzene rings is 1. The minimum absolute atomic E-state index is 0.0527. The molecule has 72 valence electrons. The maximum atomic E-state index is 8.76. The molecule has 0 saturated heterocycles. The molecular weight excluding hydrogens is 211 g/mol. The number of hydrogen-bond donors (Lipinski definition) is 1. The van der Waals surface area contributed by atoms with Crippen molar-refractivity contribution in [3.8, 4) is 5.75 Å². The fraction of sp³-hybridized carbons (Fsp3) is 0.333. The smallest absolute Gasteiger partial charge is 0.139 e. The van der Waals surface area contributed by atoms with Gasteiger partial charge in [-0.05, 0) is 19.1 Å². The van der Waals surface area contributed by atoms with Gasteiger partial charge in [0.25, 0.3) is 0 Å². The SMILES string of the molecule is C[C@H](CO)Oc1cccc(Cl)c1Cl. The van der Waals surface area contributed by atoms with E-state index in [1.54, 1.807) is 25.1 Å². The van der Waals surface area contributed by atoms with Crippen LogP contribution in [0, 0.1) is 0 Å². The van der Waals surface area contributed by atoms with E-state index in [1.165, 1.54) is 0 Å². The van der Waals surface area contributed by atoms with Crippen LogP contribution >= 0.6 is 23.2 Å². The lowest BCUT2D eigenvalue weighted by atomic mass is 10.3. The van der Waals surface area contributed by atoms with Gasteiger partial charge in [-0.1, -0.05) is 29.3 Å². The van der Waals surface area contributed by atoms with Crippen molar-refractivity contribution in [3.63, 3.8) is 0 Å². The highest BCUT2D eigenvalue weighted by Crippen LogP contribution is 2.31. The lowest BCUT2D eigenvalue weighted by Crippen LogP contribution is -2.16. The van der Waals surface area contributed by atoms with E-state index in [4.69, 9.17) is 33.0 Å². The summed E-state index contributed by atoms with van der Waals surface area (Å²) in [5, 5.41) is 9.58. The molecule has 0 aliphatic heterocycles. The third kappa shape index (κ3) is 2.76. The van der Waals surface area contributed by atoms with Gasteiger partial charge in [-0.15, -0.1) is 0 Å². The number of aliphatic hydroxyl groups is 1. The topological polar surface area (TPSA) is 29.5 Å². The molecule has 4 heteroatoms. The zero-order chi connectivity index (χ0) is 9.84. The molecule has 1 rings (SSSR count). The van der Waals surface area contributed by atoms with Crippen molar-refractivity contribution < 1.29 is 9.84 Å². The Bertz CT molecular complexity index is 289. The van der Waals surface area contributed by atoms with Crippen molar-refractivity contribution in [1.29, 1.82) is 0 Å². The molecule has 0 amide bonds. The van der Waals surface area contributed by atoms with E-state index in [2.05, 4.69) is 0 Å². The third-order valence-electron chi connectivity index (χ3n) is 1.50. The third-order valence-corrected chi connectivity index (χ3v) is 2.30. The van der Waals surface area contributed by atoms with Gasteiger partial charge in [-0.2, -0.15) is 0 Å². The van der Waals surface area contributed by atoms with E-state index in [0.717, 1.165) is 0 Å². The molecule has 0 aliphatic rings. The average Bonchev–Trinajstić information content (AvgIpc) is 2.13. The molecule has 1 atom stereocenters. The zero-order valence-corrected chi connectivity index (χ0v) is 8.64. The molecule has 1 N–H and O–H groups in total. The van der Waals surface area contributed by atoms with Crippen LogP contribution in [-0.2, 0) is 0 Å². The van der Waals surface area contributed by atoms with Gasteiger partial charge in [-0.3, -0.25) is 0 Å². The molecule has 0 spiro atoms. The molecule has 1 aromatic carbocycles. The fourth-order valence-electron chi connectivity index (χ4n) is 0.829. The summed E-state index contributed by atoms with van der Waals surface area (Å²) in [6.07, 6.45) is -0.282. The minimum atomic E-state index is -0.282. The van der Waals surface area contributed by atoms with Crippen LogP contribution in [0.3, 0.4) is 0 Å². The maximum Gasteiger partial charge on any atom is 0.139 e. The summed E-state index contributed by atoms with van der Waals surface area (Å²) >= 11 is 11.6. The van der Waals surface area contributed by atoms with Gasteiger partial charge in [0.15, 0.2) is 0 Å². The molecule has 13 heavy (non-hydrogen) atoms. The summed E-state index contributed by atoms with van der Waals surface area (Å²) in [6.45, 7) is 1.69. The summed E-state index contributed by atoms with van der Waals surface area (Å²) < 4.78 is 5.31. The van der Waals surface area contributed by atoms with Crippen LogP contribution < -0.4 is 4.74 Å². The Morgan fingerprint density at radius 2 is 2.15 bits per heavy atom. The molecule has 0 unspecified atom stereocenters. The molecule has 1 aromatic rings. The van der Waals surface area contributed by atoms with Crippen LogP contribution in [0.1, 0.15) is 6.92 Å². The predicted octanol–water partition coefficient (Wildman–Crippen LogP) is 2.75. The summed E-state index contributed by atoms with van der Waals surface area (Å²) in [4.78, 5) is 0. The maximum absolute atomic E-state index is 8.76. The quantitative estimate of drug-likeness (QED) is 0.850. The first-order chi connectivity index (χ1) is 6.15. The standard InChI is InChI=1S/C9H10Cl2O2/c1-6(5-12)13-8-4-2-3-7(10)9(8)11/h2-4,6,12H,5H2,1H3/t6-/m1/s1. The van der Waals surface area contributed by atoms with Crippen molar-refractivity contribution in [2.24, 2.45) is 0 Å². The lowest BCUT2D eigenvalue weighted by Gasteiger charge is -2.13. The molecule has 0 radical (unpaired) electrons. The highest BCUT2D eigenvalue weighted by molar-refractivity contribution is 6.42. The van der Waals surface area contributed by atoms with Gasteiger partial charge < -0.3 is 9.84 Å². The fourth-order valence-corrected chi connectivity index (χ4v) is 1.17. The Balaban J connectivity index is 2.83. The van der Waals surface area contributed by atoms with Crippen LogP contribution in [0.4, 0.5) is 0 Å². The highest BCUT2D eigenvalue weighted by Gasteiger charge is 2.08. The molecule has 0 bridgehead atoms. The lowest BCUT2D eigenvalue weighted by molar-refractivity contribution is 0.130. The molecule has 0 fully saturated rings. The van der Waals surface area contributed by atoms with E-state index >= 15 is 0 Å². The van der Waals surface area contributed by atoms with Crippen molar-refractivity contribution in [3.05, 3.63) is 28.2 Å². The normalized spacial score (nSPS) is 12.6. The second-order valence-electron chi connectivity index (χ2n) is 2.66. The van der Waals surface area contributed by atoms with Crippen LogP contribution in [0.25, 0.3) is 0 Å². The van der Waals surface area contributed by atoms with E-state index in [9.17, 15) is 0 Å². The number of ether oxygens (including phenoxy) is 1. The largest absolute Gasteiger partial charge is 0.487 e. The number of hydrogen-bond acceptors (Lipinski definition) is 2. The van der Waals surface area contributed by atoms with Crippen molar-refractivity contribution in [2.45, 2.75) is 13.0 Å². The molecule has 0 saturated carbocycles. The van der Waals surface area contributed by atoms with Crippen LogP contribution in [0.2, 0.25) is 10.0 Å². The Kier molecular flexibility index (Phi) is 3.85. The van der Waals surface area contributed by atoms with Crippen molar-refractivity contribution in [1.82, 2.24) is 0 Å². The monoisotopic (exact) mass is 220 g/mol. The van der Waals surface area contributed by atoms with Crippen molar-refractivity contribution >= 4 is 23.2 Å². The van der Waals surface area contributed by atoms with Crippen LogP contribution in [0.15, 0.2) is 18.2 Å². The van der Waals surface area contributed by atoms with E-state index in [1.807, 2.05) is 0 Å². The van der Waals surface area contributed by atoms with Gasteiger partial charge in [0.2, 0.25) is 0 Å². The molecule has 0 aromatic heterocycles. The molecule has 2 nitrogen and oxygen atoms in total. The molecule has 0 heterocycles. The second-order valence-corrected chi connectivity index (χ2v) is 3.45. The minimum Gasteiger partial charge on any atom is -0.487 e. The Morgan fingerprint density at radius 1 is 1.46 bits per heavy atom. The molecule has 0 aliphatic carbocycles. The summed E-state index contributed by atoms with van der Waals surface area (Å²) in [5.74, 6) is 0.496. The highest BCUT2D eigenvalue weighted by atomic mass is 35.5. The van der Waals surface area contributed by atoms with Gasteiger partial charge in [0.1, 0.15) is 16.9 Å². The number of rotatable bonds is 3. The zero-order valence-electron chi connectivity index (χ0n) is 7.13. The Hall–Kier alpha value is -0.440. The van der Waals surface area contributed by atoms with Crippen molar-refractivity contribution in [2.75, 3.05) is 6.61 Å². The van der Waals surface area contributed by atoms with Gasteiger partial charge >= 0.3 is 0 Å². The summed E-state index contributed by atoms with van der Waals surface area (Å²) in [5.41, 5.74) is 0. The first-order valence-corrected chi connectivity index (χ1v) is 4.62. The Morgan fingerprint density at radius 3 is 2.77 bits per heavy atom. The average molecular weight is 221 g/mol. The predicted molar refractivity (Wildman–Crippen MR) is 53.6 cm³/mol. The Labute approximate surface area is 87.0 Å². The summed E-state index contributed by atoms with van der Waals surface area (Å²) in [6, 6.07) is 5.13. The van der Waals surface area contributed by atoms with E-state index in [-0.39, 0.29) is 12.7 Å². The second kappa shape index (κ2) is 4.70. The van der Waals surface area contributed by atoms with Gasteiger partial charge in [0.05, 0.1) is 11.6 Å².